The average molecular weight is 183 g/mol. The standard InChI is InChI=1S/C12H25N/c1-9(2)11(4)13-8-10(3)12(5,6)7/h9-10,13H,4,8H2,1-3,5-7H3. The van der Waals surface area contributed by atoms with E-state index in [0.29, 0.717) is 17.3 Å². The van der Waals surface area contributed by atoms with Crippen LogP contribution in [0.5, 0.6) is 0 Å². The summed E-state index contributed by atoms with van der Waals surface area (Å²) in [7, 11) is 0. The van der Waals surface area contributed by atoms with E-state index >= 15 is 0 Å². The summed E-state index contributed by atoms with van der Waals surface area (Å²) in [5, 5.41) is 3.39. The van der Waals surface area contributed by atoms with Crippen molar-refractivity contribution in [2.45, 2.75) is 41.5 Å². The van der Waals surface area contributed by atoms with Crippen LogP contribution >= 0.6 is 0 Å². The van der Waals surface area contributed by atoms with E-state index in [1.165, 1.54) is 0 Å². The Balaban J connectivity index is 3.84. The number of nitrogens with one attached hydrogen (secondary N) is 1. The Hall–Kier alpha value is -0.460. The molecule has 1 nitrogen and oxygen atoms in total. The van der Waals surface area contributed by atoms with Crippen molar-refractivity contribution in [1.82, 2.24) is 5.32 Å². The molecule has 0 saturated heterocycles. The average Bonchev–Trinajstić information content (AvgIpc) is 1.97. The highest BCUT2D eigenvalue weighted by Crippen LogP contribution is 2.24. The fraction of sp³-hybridized carbons (Fsp3) is 0.833. The molecule has 0 aromatic rings. The monoisotopic (exact) mass is 183 g/mol. The maximum Gasteiger partial charge on any atom is 0.0174 e. The minimum atomic E-state index is 0.379. The Morgan fingerprint density at radius 3 is 2.00 bits per heavy atom. The van der Waals surface area contributed by atoms with E-state index in [1.54, 1.807) is 0 Å². The molecule has 0 saturated carbocycles. The molecule has 0 aromatic carbocycles. The van der Waals surface area contributed by atoms with Gasteiger partial charge in [0.05, 0.1) is 0 Å². The second-order valence-corrected chi connectivity index (χ2v) is 5.33. The van der Waals surface area contributed by atoms with E-state index in [4.69, 9.17) is 0 Å². The van der Waals surface area contributed by atoms with Crippen molar-refractivity contribution in [3.05, 3.63) is 12.3 Å². The Morgan fingerprint density at radius 2 is 1.69 bits per heavy atom. The van der Waals surface area contributed by atoms with Gasteiger partial charge in [0.1, 0.15) is 0 Å². The molecule has 0 aliphatic carbocycles. The lowest BCUT2D eigenvalue weighted by atomic mass is 9.82. The predicted octanol–water partition coefficient (Wildman–Crippen LogP) is 3.43. The summed E-state index contributed by atoms with van der Waals surface area (Å²) in [4.78, 5) is 0. The van der Waals surface area contributed by atoms with Crippen molar-refractivity contribution >= 4 is 0 Å². The molecule has 0 bridgehead atoms. The number of allylic oxidation sites excluding steroid dienone is 1. The van der Waals surface area contributed by atoms with Gasteiger partial charge in [-0.2, -0.15) is 0 Å². The van der Waals surface area contributed by atoms with Crippen LogP contribution in [0.15, 0.2) is 12.3 Å². The molecule has 0 aromatic heterocycles. The van der Waals surface area contributed by atoms with E-state index < -0.39 is 0 Å². The first kappa shape index (κ1) is 12.5. The Labute approximate surface area is 83.6 Å². The van der Waals surface area contributed by atoms with Crippen molar-refractivity contribution < 1.29 is 0 Å². The van der Waals surface area contributed by atoms with E-state index in [0.717, 1.165) is 12.2 Å². The third-order valence-electron chi connectivity index (χ3n) is 2.81. The molecular formula is C12H25N. The van der Waals surface area contributed by atoms with Crippen LogP contribution in [0, 0.1) is 17.3 Å². The van der Waals surface area contributed by atoms with Gasteiger partial charge < -0.3 is 5.32 Å². The molecule has 0 radical (unpaired) electrons. The van der Waals surface area contributed by atoms with Gasteiger partial charge in [0.15, 0.2) is 0 Å². The fourth-order valence-electron chi connectivity index (χ4n) is 0.794. The molecule has 0 aliphatic rings. The summed E-state index contributed by atoms with van der Waals surface area (Å²) >= 11 is 0. The van der Waals surface area contributed by atoms with Crippen LogP contribution in [0.4, 0.5) is 0 Å². The van der Waals surface area contributed by atoms with Crippen molar-refractivity contribution in [3.8, 4) is 0 Å². The summed E-state index contributed by atoms with van der Waals surface area (Å²) in [5.41, 5.74) is 1.53. The van der Waals surface area contributed by atoms with Gasteiger partial charge in [-0.3, -0.25) is 0 Å². The fourth-order valence-corrected chi connectivity index (χ4v) is 0.794. The molecule has 0 spiro atoms. The maximum atomic E-state index is 4.00. The highest BCUT2D eigenvalue weighted by atomic mass is 14.9. The topological polar surface area (TPSA) is 12.0 Å². The summed E-state index contributed by atoms with van der Waals surface area (Å²) in [6.07, 6.45) is 0. The first-order valence-corrected chi connectivity index (χ1v) is 5.17. The molecule has 0 aliphatic heterocycles. The van der Waals surface area contributed by atoms with Gasteiger partial charge in [0.25, 0.3) is 0 Å². The van der Waals surface area contributed by atoms with Gasteiger partial charge in [0, 0.05) is 12.2 Å². The van der Waals surface area contributed by atoms with Crippen LogP contribution in [-0.2, 0) is 0 Å². The lowest BCUT2D eigenvalue weighted by Crippen LogP contribution is -2.30. The highest BCUT2D eigenvalue weighted by Gasteiger charge is 2.19. The number of hydrogen-bond acceptors (Lipinski definition) is 1. The van der Waals surface area contributed by atoms with Gasteiger partial charge in [-0.1, -0.05) is 48.1 Å². The molecule has 78 valence electrons. The van der Waals surface area contributed by atoms with E-state index in [9.17, 15) is 0 Å². The zero-order valence-electron chi connectivity index (χ0n) is 10.1. The molecular weight excluding hydrogens is 158 g/mol. The second kappa shape index (κ2) is 4.69. The third kappa shape index (κ3) is 4.97. The smallest absolute Gasteiger partial charge is 0.0174 e. The summed E-state index contributed by atoms with van der Waals surface area (Å²) in [5.74, 6) is 1.20. The van der Waals surface area contributed by atoms with E-state index in [1.807, 2.05) is 0 Å². The van der Waals surface area contributed by atoms with Gasteiger partial charge in [-0.25, -0.2) is 0 Å². The maximum absolute atomic E-state index is 4.00. The van der Waals surface area contributed by atoms with Crippen molar-refractivity contribution in [2.24, 2.45) is 17.3 Å². The first-order valence-electron chi connectivity index (χ1n) is 5.17. The minimum Gasteiger partial charge on any atom is -0.388 e. The lowest BCUT2D eigenvalue weighted by molar-refractivity contribution is 0.256. The van der Waals surface area contributed by atoms with Gasteiger partial charge in [0.2, 0.25) is 0 Å². The molecule has 0 amide bonds. The molecule has 1 N–H and O–H groups in total. The van der Waals surface area contributed by atoms with Gasteiger partial charge in [-0.05, 0) is 17.3 Å². The van der Waals surface area contributed by atoms with Crippen molar-refractivity contribution in [3.63, 3.8) is 0 Å². The molecule has 0 fully saturated rings. The van der Waals surface area contributed by atoms with Crippen LogP contribution in [0.1, 0.15) is 41.5 Å². The number of rotatable bonds is 4. The highest BCUT2D eigenvalue weighted by molar-refractivity contribution is 4.95. The van der Waals surface area contributed by atoms with Crippen LogP contribution in [-0.4, -0.2) is 6.54 Å². The van der Waals surface area contributed by atoms with Crippen LogP contribution in [0.2, 0.25) is 0 Å². The summed E-state index contributed by atoms with van der Waals surface area (Å²) in [6.45, 7) is 18.5. The van der Waals surface area contributed by atoms with Crippen molar-refractivity contribution in [2.75, 3.05) is 6.54 Å². The molecule has 1 atom stereocenters. The van der Waals surface area contributed by atoms with Crippen LogP contribution in [0.3, 0.4) is 0 Å². The normalized spacial score (nSPS) is 14.4. The Bertz CT molecular complexity index is 162. The third-order valence-corrected chi connectivity index (χ3v) is 2.81. The largest absolute Gasteiger partial charge is 0.388 e. The van der Waals surface area contributed by atoms with E-state index in [2.05, 4.69) is 53.4 Å². The first-order chi connectivity index (χ1) is 5.75. The van der Waals surface area contributed by atoms with Crippen LogP contribution in [0.25, 0.3) is 0 Å². The second-order valence-electron chi connectivity index (χ2n) is 5.33. The summed E-state index contributed by atoms with van der Waals surface area (Å²) < 4.78 is 0. The predicted molar refractivity (Wildman–Crippen MR) is 60.6 cm³/mol. The number of hydrogen-bond donors (Lipinski definition) is 1. The molecule has 0 rings (SSSR count). The lowest BCUT2D eigenvalue weighted by Gasteiger charge is -2.28. The zero-order valence-corrected chi connectivity index (χ0v) is 10.1. The Kier molecular flexibility index (Phi) is 4.52. The molecule has 13 heavy (non-hydrogen) atoms. The molecule has 1 heteroatoms. The summed E-state index contributed by atoms with van der Waals surface area (Å²) in [6, 6.07) is 0. The van der Waals surface area contributed by atoms with Crippen molar-refractivity contribution in [1.29, 1.82) is 0 Å². The molecule has 0 heterocycles. The minimum absolute atomic E-state index is 0.379. The van der Waals surface area contributed by atoms with Gasteiger partial charge >= 0.3 is 0 Å². The Morgan fingerprint density at radius 1 is 1.23 bits per heavy atom. The van der Waals surface area contributed by atoms with E-state index in [-0.39, 0.29) is 0 Å². The van der Waals surface area contributed by atoms with Crippen LogP contribution < -0.4 is 5.32 Å². The zero-order chi connectivity index (χ0) is 10.6. The quantitative estimate of drug-likeness (QED) is 0.704. The molecule has 1 unspecified atom stereocenters. The SMILES string of the molecule is C=C(NCC(C)C(C)(C)C)C(C)C. The van der Waals surface area contributed by atoms with Gasteiger partial charge in [-0.15, -0.1) is 0 Å².